The highest BCUT2D eigenvalue weighted by Gasteiger charge is 2.20. The Morgan fingerprint density at radius 2 is 1.71 bits per heavy atom. The maximum Gasteiger partial charge on any atom is 0.225 e. The fourth-order valence-electron chi connectivity index (χ4n) is 3.96. The summed E-state index contributed by atoms with van der Waals surface area (Å²) in [6, 6.07) is 16.1. The molecule has 2 aromatic carbocycles. The van der Waals surface area contributed by atoms with Crippen LogP contribution >= 0.6 is 0 Å². The third kappa shape index (κ3) is 4.06. The van der Waals surface area contributed by atoms with Crippen molar-refractivity contribution in [3.05, 3.63) is 88.6 Å². The molecule has 0 aliphatic rings. The zero-order valence-electron chi connectivity index (χ0n) is 18.1. The first-order valence-electron chi connectivity index (χ1n) is 10.3. The molecule has 1 atom stereocenters. The number of carbonyl (C=O) groups excluding carboxylic acids is 1. The molecule has 31 heavy (non-hydrogen) atoms. The highest BCUT2D eigenvalue weighted by atomic mass is 19.1. The molecular weight excluding hydrogens is 391 g/mol. The molecule has 0 bridgehead atoms. The summed E-state index contributed by atoms with van der Waals surface area (Å²) in [4.78, 5) is 17.5. The van der Waals surface area contributed by atoms with Crippen LogP contribution in [-0.2, 0) is 11.2 Å². The first kappa shape index (κ1) is 20.7. The van der Waals surface area contributed by atoms with Crippen molar-refractivity contribution in [2.45, 2.75) is 40.2 Å². The molecule has 0 saturated carbocycles. The Morgan fingerprint density at radius 3 is 2.39 bits per heavy atom. The van der Waals surface area contributed by atoms with E-state index in [0.717, 1.165) is 39.3 Å². The van der Waals surface area contributed by atoms with Gasteiger partial charge < -0.3 is 5.32 Å². The van der Waals surface area contributed by atoms with E-state index in [-0.39, 0.29) is 24.2 Å². The maximum absolute atomic E-state index is 13.4. The van der Waals surface area contributed by atoms with Crippen molar-refractivity contribution in [2.75, 3.05) is 0 Å². The Balaban J connectivity index is 1.65. The molecule has 2 aromatic heterocycles. The van der Waals surface area contributed by atoms with Gasteiger partial charge in [0.2, 0.25) is 5.91 Å². The highest BCUT2D eigenvalue weighted by Crippen LogP contribution is 2.29. The summed E-state index contributed by atoms with van der Waals surface area (Å²) in [5, 5.41) is 7.72. The Bertz CT molecular complexity index is 1250. The smallest absolute Gasteiger partial charge is 0.225 e. The fourth-order valence-corrected chi connectivity index (χ4v) is 3.96. The minimum absolute atomic E-state index is 0.0636. The molecule has 4 rings (SSSR count). The lowest BCUT2D eigenvalue weighted by Gasteiger charge is -2.16. The number of nitrogens with one attached hydrogen (secondary N) is 1. The van der Waals surface area contributed by atoms with Gasteiger partial charge in [-0.1, -0.05) is 42.5 Å². The van der Waals surface area contributed by atoms with Crippen LogP contribution in [0.1, 0.15) is 41.2 Å². The van der Waals surface area contributed by atoms with E-state index in [1.807, 2.05) is 58.0 Å². The summed E-state index contributed by atoms with van der Waals surface area (Å²) in [6.45, 7) is 7.75. The molecule has 1 amide bonds. The summed E-state index contributed by atoms with van der Waals surface area (Å²) >= 11 is 0. The lowest BCUT2D eigenvalue weighted by atomic mass is 10.0. The summed E-state index contributed by atoms with van der Waals surface area (Å²) in [6.07, 6.45) is 0.225. The summed E-state index contributed by atoms with van der Waals surface area (Å²) < 4.78 is 15.2. The van der Waals surface area contributed by atoms with Gasteiger partial charge in [0.15, 0.2) is 5.65 Å². The number of nitrogens with zero attached hydrogens (tertiary/aromatic N) is 3. The van der Waals surface area contributed by atoms with E-state index in [1.54, 1.807) is 16.6 Å². The Labute approximate surface area is 181 Å². The van der Waals surface area contributed by atoms with Crippen LogP contribution in [0.25, 0.3) is 16.8 Å². The van der Waals surface area contributed by atoms with Crippen LogP contribution in [0.3, 0.4) is 0 Å². The largest absolute Gasteiger partial charge is 0.349 e. The van der Waals surface area contributed by atoms with Crippen LogP contribution < -0.4 is 5.32 Å². The monoisotopic (exact) mass is 416 g/mol. The van der Waals surface area contributed by atoms with E-state index >= 15 is 0 Å². The van der Waals surface area contributed by atoms with Crippen LogP contribution in [0.2, 0.25) is 0 Å². The zero-order chi connectivity index (χ0) is 22.1. The second kappa shape index (κ2) is 8.30. The summed E-state index contributed by atoms with van der Waals surface area (Å²) in [7, 11) is 0. The van der Waals surface area contributed by atoms with Crippen molar-refractivity contribution in [3.8, 4) is 11.1 Å². The molecule has 5 nitrogen and oxygen atoms in total. The number of aromatic nitrogens is 3. The van der Waals surface area contributed by atoms with Gasteiger partial charge in [0.25, 0.3) is 0 Å². The van der Waals surface area contributed by atoms with Gasteiger partial charge in [-0.05, 0) is 51.0 Å². The molecule has 0 aliphatic heterocycles. The molecule has 0 radical (unpaired) electrons. The molecule has 0 spiro atoms. The van der Waals surface area contributed by atoms with Crippen LogP contribution in [0.5, 0.6) is 0 Å². The number of benzene rings is 2. The van der Waals surface area contributed by atoms with Crippen molar-refractivity contribution < 1.29 is 9.18 Å². The topological polar surface area (TPSA) is 59.3 Å². The fraction of sp³-hybridized carbons (Fsp3) is 0.240. The van der Waals surface area contributed by atoms with E-state index in [2.05, 4.69) is 10.4 Å². The van der Waals surface area contributed by atoms with Gasteiger partial charge in [0.1, 0.15) is 5.82 Å². The lowest BCUT2D eigenvalue weighted by molar-refractivity contribution is -0.121. The number of halogens is 1. The van der Waals surface area contributed by atoms with Crippen molar-refractivity contribution in [1.82, 2.24) is 19.9 Å². The average Bonchev–Trinajstić information content (AvgIpc) is 3.08. The van der Waals surface area contributed by atoms with Gasteiger partial charge in [-0.25, -0.2) is 13.9 Å². The number of fused-ring (bicyclic) bond motifs is 1. The quantitative estimate of drug-likeness (QED) is 0.504. The van der Waals surface area contributed by atoms with Crippen LogP contribution in [-0.4, -0.2) is 20.5 Å². The van der Waals surface area contributed by atoms with E-state index in [0.29, 0.717) is 5.65 Å². The molecule has 158 valence electrons. The molecule has 0 aliphatic carbocycles. The molecule has 0 fully saturated rings. The summed E-state index contributed by atoms with van der Waals surface area (Å²) in [5.41, 5.74) is 6.84. The van der Waals surface area contributed by atoms with E-state index in [1.165, 1.54) is 12.1 Å². The minimum Gasteiger partial charge on any atom is -0.349 e. The van der Waals surface area contributed by atoms with Gasteiger partial charge in [-0.15, -0.1) is 0 Å². The SMILES string of the molecule is Cc1nc2c(-c3ccc(F)cc3)c(C)nn2c(C)c1CC(=O)N[C@@H](C)c1ccccc1. The number of carbonyl (C=O) groups is 1. The van der Waals surface area contributed by atoms with Gasteiger partial charge in [-0.3, -0.25) is 4.79 Å². The van der Waals surface area contributed by atoms with Crippen LogP contribution in [0.15, 0.2) is 54.6 Å². The maximum atomic E-state index is 13.4. The van der Waals surface area contributed by atoms with Crippen molar-refractivity contribution >= 4 is 11.6 Å². The van der Waals surface area contributed by atoms with Crippen molar-refractivity contribution in [1.29, 1.82) is 0 Å². The van der Waals surface area contributed by atoms with Gasteiger partial charge in [-0.2, -0.15) is 5.10 Å². The predicted molar refractivity (Wildman–Crippen MR) is 119 cm³/mol. The first-order valence-corrected chi connectivity index (χ1v) is 10.3. The third-order valence-corrected chi connectivity index (χ3v) is 5.65. The van der Waals surface area contributed by atoms with E-state index in [9.17, 15) is 9.18 Å². The molecule has 2 heterocycles. The normalized spacial score (nSPS) is 12.2. The van der Waals surface area contributed by atoms with Crippen LogP contribution in [0.4, 0.5) is 4.39 Å². The van der Waals surface area contributed by atoms with Gasteiger partial charge in [0.05, 0.1) is 18.2 Å². The van der Waals surface area contributed by atoms with E-state index in [4.69, 9.17) is 4.98 Å². The minimum atomic E-state index is -0.281. The molecule has 0 saturated heterocycles. The summed E-state index contributed by atoms with van der Waals surface area (Å²) in [5.74, 6) is -0.345. The van der Waals surface area contributed by atoms with Crippen molar-refractivity contribution in [2.24, 2.45) is 0 Å². The number of hydrogen-bond donors (Lipinski definition) is 1. The van der Waals surface area contributed by atoms with E-state index < -0.39 is 0 Å². The molecule has 1 N–H and O–H groups in total. The molecule has 4 aromatic rings. The average molecular weight is 417 g/mol. The Hall–Kier alpha value is -3.54. The number of hydrogen-bond acceptors (Lipinski definition) is 3. The second-order valence-electron chi connectivity index (χ2n) is 7.84. The number of rotatable bonds is 5. The molecule has 0 unspecified atom stereocenters. The van der Waals surface area contributed by atoms with Crippen molar-refractivity contribution in [3.63, 3.8) is 0 Å². The standard InChI is InChI=1S/C25H25FN4O/c1-15(19-8-6-5-7-9-19)27-23(31)14-22-16(2)28-25-24(17(3)29-30(25)18(22)4)20-10-12-21(26)13-11-20/h5-13,15H,14H2,1-4H3,(H,27,31)/t15-/m0/s1. The zero-order valence-corrected chi connectivity index (χ0v) is 18.1. The number of amides is 1. The second-order valence-corrected chi connectivity index (χ2v) is 7.84. The Morgan fingerprint density at radius 1 is 1.03 bits per heavy atom. The predicted octanol–water partition coefficient (Wildman–Crippen LogP) is 4.88. The molecule has 6 heteroatoms. The third-order valence-electron chi connectivity index (χ3n) is 5.65. The first-order chi connectivity index (χ1) is 14.8. The van der Waals surface area contributed by atoms with Gasteiger partial charge in [0, 0.05) is 22.5 Å². The van der Waals surface area contributed by atoms with Crippen LogP contribution in [0, 0.1) is 26.6 Å². The Kier molecular flexibility index (Phi) is 5.55. The number of aryl methyl sites for hydroxylation is 3. The molecular formula is C25H25FN4O. The highest BCUT2D eigenvalue weighted by molar-refractivity contribution is 5.82. The lowest BCUT2D eigenvalue weighted by Crippen LogP contribution is -2.29. The van der Waals surface area contributed by atoms with Gasteiger partial charge >= 0.3 is 0 Å².